The molecule has 0 aromatic carbocycles. The first kappa shape index (κ1) is 18.0. The molecule has 2 fully saturated rings. The van der Waals surface area contributed by atoms with Crippen molar-refractivity contribution in [2.24, 2.45) is 27.8 Å². The quantitative estimate of drug-likeness (QED) is 0.452. The molecule has 5 unspecified atom stereocenters. The van der Waals surface area contributed by atoms with Gasteiger partial charge < -0.3 is 0 Å². The minimum atomic E-state index is -0.273. The maximum absolute atomic E-state index is 13.8. The number of halogens is 1. The molecule has 5 atom stereocenters. The summed E-state index contributed by atoms with van der Waals surface area (Å²) in [5.74, 6) is 0.916. The number of rotatable bonds is 2. The van der Waals surface area contributed by atoms with Crippen molar-refractivity contribution in [1.29, 1.82) is 0 Å². The average Bonchev–Trinajstić information content (AvgIpc) is 3.04. The van der Waals surface area contributed by atoms with Crippen molar-refractivity contribution >= 4 is 5.57 Å². The average molecular weight is 378 g/mol. The Morgan fingerprint density at radius 2 is 2.00 bits per heavy atom. The van der Waals surface area contributed by atoms with E-state index in [1.807, 2.05) is 0 Å². The highest BCUT2D eigenvalue weighted by atomic mass is 19.1. The summed E-state index contributed by atoms with van der Waals surface area (Å²) in [7, 11) is 0. The smallest absolute Gasteiger partial charge is 0.142 e. The van der Waals surface area contributed by atoms with Crippen molar-refractivity contribution in [2.75, 3.05) is 0 Å². The molecular weight excluding hydrogens is 351 g/mol. The van der Waals surface area contributed by atoms with Crippen molar-refractivity contribution < 1.29 is 4.39 Å². The van der Waals surface area contributed by atoms with E-state index in [9.17, 15) is 9.30 Å². The molecule has 1 aromatic rings. The Morgan fingerprint density at radius 3 is 2.79 bits per heavy atom. The second-order valence-corrected chi connectivity index (χ2v) is 9.54. The van der Waals surface area contributed by atoms with Crippen LogP contribution in [0.4, 0.5) is 4.39 Å². The molecule has 0 bridgehead atoms. The summed E-state index contributed by atoms with van der Waals surface area (Å²) in [6, 6.07) is 1.48. The fourth-order valence-corrected chi connectivity index (χ4v) is 6.76. The number of nitrogens with zero attached hydrogens (tertiary/aromatic N) is 2. The van der Waals surface area contributed by atoms with E-state index in [1.165, 1.54) is 29.3 Å². The zero-order valence-corrected chi connectivity index (χ0v) is 16.6. The molecule has 4 aliphatic rings. The molecule has 0 radical (unpaired) electrons. The zero-order valence-electron chi connectivity index (χ0n) is 16.6. The second-order valence-electron chi connectivity index (χ2n) is 9.54. The molecule has 5 rings (SSSR count). The van der Waals surface area contributed by atoms with Crippen LogP contribution in [-0.2, 0) is 0 Å². The summed E-state index contributed by atoms with van der Waals surface area (Å²) in [4.78, 5) is 15.1. The maximum atomic E-state index is 13.8. The van der Waals surface area contributed by atoms with Crippen molar-refractivity contribution in [1.82, 2.24) is 4.98 Å². The van der Waals surface area contributed by atoms with Crippen LogP contribution in [0, 0.1) is 33.4 Å². The molecule has 3 nitrogen and oxygen atoms in total. The molecule has 146 valence electrons. The lowest BCUT2D eigenvalue weighted by Gasteiger charge is -2.56. The van der Waals surface area contributed by atoms with E-state index >= 15 is 0 Å². The minimum Gasteiger partial charge on any atom is -0.261 e. The summed E-state index contributed by atoms with van der Waals surface area (Å²) in [5.41, 5.74) is 5.29. The third-order valence-corrected chi connectivity index (χ3v) is 8.28. The molecule has 0 amide bonds. The lowest BCUT2D eigenvalue weighted by molar-refractivity contribution is 0.0641. The van der Waals surface area contributed by atoms with Gasteiger partial charge in [0.1, 0.15) is 11.9 Å². The molecule has 2 saturated carbocycles. The molecule has 1 heterocycles. The van der Waals surface area contributed by atoms with E-state index < -0.39 is 0 Å². The summed E-state index contributed by atoms with van der Waals surface area (Å²) in [6.07, 6.45) is 16.2. The van der Waals surface area contributed by atoms with Crippen molar-refractivity contribution in [3.8, 4) is 0 Å². The van der Waals surface area contributed by atoms with Gasteiger partial charge in [-0.3, -0.25) is 4.98 Å². The first-order chi connectivity index (χ1) is 13.5. The Labute approximate surface area is 165 Å². The third kappa shape index (κ3) is 2.42. The van der Waals surface area contributed by atoms with Gasteiger partial charge in [0.25, 0.3) is 0 Å². The van der Waals surface area contributed by atoms with Crippen LogP contribution in [0.15, 0.2) is 53.0 Å². The summed E-state index contributed by atoms with van der Waals surface area (Å²) in [6.45, 7) is 4.75. The zero-order chi connectivity index (χ0) is 19.5. The van der Waals surface area contributed by atoms with Crippen LogP contribution in [0.2, 0.25) is 0 Å². The fourth-order valence-electron chi connectivity index (χ4n) is 6.76. The van der Waals surface area contributed by atoms with Gasteiger partial charge in [0, 0.05) is 11.6 Å². The van der Waals surface area contributed by atoms with Gasteiger partial charge in [0.2, 0.25) is 0 Å². The van der Waals surface area contributed by atoms with Crippen LogP contribution in [-0.4, -0.2) is 11.0 Å². The van der Waals surface area contributed by atoms with Crippen LogP contribution in [0.5, 0.6) is 0 Å². The number of allylic oxidation sites excluding steroid dienone is 5. The number of hydrogen-bond donors (Lipinski definition) is 0. The second kappa shape index (κ2) is 6.20. The summed E-state index contributed by atoms with van der Waals surface area (Å²) < 4.78 is 13.8. The molecule has 0 spiro atoms. The summed E-state index contributed by atoms with van der Waals surface area (Å²) in [5, 5.41) is 3.31. The standard InChI is InChI=1S/C24H27FN2O/c1-23-9-7-18(27-28)12-16(23)3-4-19-21-6-5-20(15-11-17(25)14-26-13-15)24(21,2)10-8-22(19)23/h5-6,11-14,18-19,22H,3-4,7-10H2,1-2H3. The third-order valence-electron chi connectivity index (χ3n) is 8.28. The number of aromatic nitrogens is 1. The molecular formula is C24H27FN2O. The van der Waals surface area contributed by atoms with E-state index in [4.69, 9.17) is 0 Å². The highest BCUT2D eigenvalue weighted by molar-refractivity contribution is 5.78. The monoisotopic (exact) mass is 378 g/mol. The first-order valence-electron chi connectivity index (χ1n) is 10.5. The van der Waals surface area contributed by atoms with Gasteiger partial charge in [0.05, 0.1) is 6.20 Å². The van der Waals surface area contributed by atoms with Crippen LogP contribution >= 0.6 is 0 Å². The Bertz CT molecular complexity index is 932. The Hall–Kier alpha value is -2.10. The van der Waals surface area contributed by atoms with Crippen molar-refractivity contribution in [2.45, 2.75) is 58.4 Å². The van der Waals surface area contributed by atoms with E-state index in [0.29, 0.717) is 11.8 Å². The first-order valence-corrected chi connectivity index (χ1v) is 10.5. The van der Waals surface area contributed by atoms with Gasteiger partial charge in [0.15, 0.2) is 0 Å². The van der Waals surface area contributed by atoms with E-state index in [-0.39, 0.29) is 22.7 Å². The Morgan fingerprint density at radius 1 is 1.14 bits per heavy atom. The van der Waals surface area contributed by atoms with Crippen LogP contribution in [0.3, 0.4) is 0 Å². The molecule has 4 heteroatoms. The predicted molar refractivity (Wildman–Crippen MR) is 109 cm³/mol. The highest BCUT2D eigenvalue weighted by Gasteiger charge is 2.54. The molecule has 0 N–H and O–H groups in total. The SMILES string of the molecule is CC12CCC3C(CCC4=CC(N=O)CCC43C)C1=CC=C2c1cncc(F)c1. The van der Waals surface area contributed by atoms with Crippen molar-refractivity contribution in [3.05, 3.63) is 64.1 Å². The van der Waals surface area contributed by atoms with Gasteiger partial charge in [-0.25, -0.2) is 4.39 Å². The normalized spacial score (nSPS) is 39.1. The number of nitroso groups, excluding NO2 is 1. The fraction of sp³-hybridized carbons (Fsp3) is 0.542. The van der Waals surface area contributed by atoms with Gasteiger partial charge in [-0.2, -0.15) is 4.91 Å². The topological polar surface area (TPSA) is 42.3 Å². The van der Waals surface area contributed by atoms with Crippen LogP contribution in [0.1, 0.15) is 57.9 Å². The van der Waals surface area contributed by atoms with Crippen molar-refractivity contribution in [3.63, 3.8) is 0 Å². The minimum absolute atomic E-state index is 0.0181. The summed E-state index contributed by atoms with van der Waals surface area (Å²) >= 11 is 0. The highest BCUT2D eigenvalue weighted by Crippen LogP contribution is 2.65. The van der Waals surface area contributed by atoms with E-state index in [1.54, 1.807) is 12.3 Å². The number of hydrogen-bond acceptors (Lipinski definition) is 3. The molecule has 4 aliphatic carbocycles. The largest absolute Gasteiger partial charge is 0.261 e. The maximum Gasteiger partial charge on any atom is 0.142 e. The van der Waals surface area contributed by atoms with Gasteiger partial charge in [-0.05, 0) is 73.0 Å². The lowest BCUT2D eigenvalue weighted by Crippen LogP contribution is -2.47. The van der Waals surface area contributed by atoms with E-state index in [2.05, 4.69) is 42.2 Å². The lowest BCUT2D eigenvalue weighted by atomic mass is 9.48. The molecule has 0 aliphatic heterocycles. The Kier molecular flexibility index (Phi) is 3.98. The van der Waals surface area contributed by atoms with E-state index in [0.717, 1.165) is 37.7 Å². The molecule has 0 saturated heterocycles. The number of pyridine rings is 1. The Balaban J connectivity index is 1.47. The predicted octanol–water partition coefficient (Wildman–Crippen LogP) is 6.23. The van der Waals surface area contributed by atoms with Gasteiger partial charge in [-0.15, -0.1) is 0 Å². The van der Waals surface area contributed by atoms with Gasteiger partial charge >= 0.3 is 0 Å². The van der Waals surface area contributed by atoms with Crippen LogP contribution in [0.25, 0.3) is 5.57 Å². The van der Waals surface area contributed by atoms with Crippen LogP contribution < -0.4 is 0 Å². The molecule has 28 heavy (non-hydrogen) atoms. The number of fused-ring (bicyclic) bond motifs is 5. The molecule has 1 aromatic heterocycles. The van der Waals surface area contributed by atoms with Gasteiger partial charge in [-0.1, -0.05) is 48.4 Å².